The highest BCUT2D eigenvalue weighted by atomic mass is 16.5. The van der Waals surface area contributed by atoms with Crippen LogP contribution in [-0.2, 0) is 4.79 Å². The molecular formula is C19H21N3O3. The molecule has 0 unspecified atom stereocenters. The SMILES string of the molecule is CCCOc1ccc(/C=C(\NC(=O)c2ccccc2)C(=O)NN)cc1. The Morgan fingerprint density at radius 2 is 1.76 bits per heavy atom. The number of benzene rings is 2. The van der Waals surface area contributed by atoms with E-state index in [0.717, 1.165) is 17.7 Å². The fourth-order valence-electron chi connectivity index (χ4n) is 2.07. The highest BCUT2D eigenvalue weighted by molar-refractivity contribution is 6.05. The van der Waals surface area contributed by atoms with Crippen molar-refractivity contribution in [1.82, 2.24) is 10.7 Å². The minimum Gasteiger partial charge on any atom is -0.494 e. The van der Waals surface area contributed by atoms with Crippen LogP contribution in [0.4, 0.5) is 0 Å². The van der Waals surface area contributed by atoms with Gasteiger partial charge < -0.3 is 10.1 Å². The molecule has 0 atom stereocenters. The van der Waals surface area contributed by atoms with Crippen LogP contribution in [0.2, 0.25) is 0 Å². The van der Waals surface area contributed by atoms with Crippen LogP contribution in [0.25, 0.3) is 6.08 Å². The largest absolute Gasteiger partial charge is 0.494 e. The fourth-order valence-corrected chi connectivity index (χ4v) is 2.07. The van der Waals surface area contributed by atoms with Gasteiger partial charge in [-0.15, -0.1) is 0 Å². The van der Waals surface area contributed by atoms with E-state index in [1.807, 2.05) is 18.4 Å². The molecule has 6 heteroatoms. The number of hydrazine groups is 1. The Morgan fingerprint density at radius 3 is 2.36 bits per heavy atom. The Kier molecular flexibility index (Phi) is 6.74. The van der Waals surface area contributed by atoms with Crippen molar-refractivity contribution in [3.05, 3.63) is 71.4 Å². The van der Waals surface area contributed by atoms with Crippen LogP contribution >= 0.6 is 0 Å². The zero-order chi connectivity index (χ0) is 18.1. The van der Waals surface area contributed by atoms with E-state index < -0.39 is 11.8 Å². The monoisotopic (exact) mass is 339 g/mol. The summed E-state index contributed by atoms with van der Waals surface area (Å²) in [6.07, 6.45) is 2.47. The lowest BCUT2D eigenvalue weighted by atomic mass is 10.1. The van der Waals surface area contributed by atoms with Crippen LogP contribution in [0.3, 0.4) is 0 Å². The van der Waals surface area contributed by atoms with E-state index in [4.69, 9.17) is 10.6 Å². The van der Waals surface area contributed by atoms with Crippen molar-refractivity contribution in [2.45, 2.75) is 13.3 Å². The second kappa shape index (κ2) is 9.24. The summed E-state index contributed by atoms with van der Waals surface area (Å²) in [5, 5.41) is 2.58. The lowest BCUT2D eigenvalue weighted by Crippen LogP contribution is -2.38. The predicted molar refractivity (Wildman–Crippen MR) is 96.4 cm³/mol. The van der Waals surface area contributed by atoms with Crippen molar-refractivity contribution in [1.29, 1.82) is 0 Å². The lowest BCUT2D eigenvalue weighted by Gasteiger charge is -2.09. The number of carbonyl (C=O) groups is 2. The normalized spacial score (nSPS) is 10.9. The first-order chi connectivity index (χ1) is 12.1. The molecule has 0 radical (unpaired) electrons. The quantitative estimate of drug-likeness (QED) is 0.312. The summed E-state index contributed by atoms with van der Waals surface area (Å²) in [5.41, 5.74) is 3.27. The minimum absolute atomic E-state index is 0.0542. The van der Waals surface area contributed by atoms with Crippen molar-refractivity contribution >= 4 is 17.9 Å². The van der Waals surface area contributed by atoms with Gasteiger partial charge in [0.05, 0.1) is 6.61 Å². The summed E-state index contributed by atoms with van der Waals surface area (Å²) in [5.74, 6) is 4.98. The Labute approximate surface area is 146 Å². The smallest absolute Gasteiger partial charge is 0.281 e. The Hall–Kier alpha value is -3.12. The molecule has 0 aromatic heterocycles. The fraction of sp³-hybridized carbons (Fsp3) is 0.158. The molecule has 2 rings (SSSR count). The van der Waals surface area contributed by atoms with E-state index in [0.29, 0.717) is 12.2 Å². The van der Waals surface area contributed by atoms with Crippen LogP contribution in [0.5, 0.6) is 5.75 Å². The van der Waals surface area contributed by atoms with Gasteiger partial charge in [-0.3, -0.25) is 15.0 Å². The second-order valence-electron chi connectivity index (χ2n) is 5.27. The van der Waals surface area contributed by atoms with Gasteiger partial charge in [0.1, 0.15) is 11.4 Å². The van der Waals surface area contributed by atoms with Crippen LogP contribution in [0.15, 0.2) is 60.3 Å². The number of hydrogen-bond acceptors (Lipinski definition) is 4. The van der Waals surface area contributed by atoms with Crippen molar-refractivity contribution in [3.8, 4) is 5.75 Å². The van der Waals surface area contributed by atoms with Crippen LogP contribution in [0, 0.1) is 0 Å². The third-order valence-corrected chi connectivity index (χ3v) is 3.32. The third-order valence-electron chi connectivity index (χ3n) is 3.32. The van der Waals surface area contributed by atoms with Crippen molar-refractivity contribution < 1.29 is 14.3 Å². The van der Waals surface area contributed by atoms with Gasteiger partial charge in [0.15, 0.2) is 0 Å². The molecule has 2 amide bonds. The molecule has 0 spiro atoms. The molecule has 0 aliphatic heterocycles. The van der Waals surface area contributed by atoms with Gasteiger partial charge in [-0.25, -0.2) is 5.84 Å². The summed E-state index contributed by atoms with van der Waals surface area (Å²) >= 11 is 0. The first-order valence-electron chi connectivity index (χ1n) is 7.96. The molecule has 6 nitrogen and oxygen atoms in total. The van der Waals surface area contributed by atoms with Crippen molar-refractivity contribution in [2.75, 3.05) is 6.61 Å². The first kappa shape index (κ1) is 18.2. The van der Waals surface area contributed by atoms with E-state index >= 15 is 0 Å². The average molecular weight is 339 g/mol. The molecule has 25 heavy (non-hydrogen) atoms. The molecular weight excluding hydrogens is 318 g/mol. The molecule has 130 valence electrons. The summed E-state index contributed by atoms with van der Waals surface area (Å²) in [6.45, 7) is 2.67. The zero-order valence-electron chi connectivity index (χ0n) is 14.0. The summed E-state index contributed by atoms with van der Waals surface area (Å²) < 4.78 is 5.52. The van der Waals surface area contributed by atoms with Crippen molar-refractivity contribution in [3.63, 3.8) is 0 Å². The molecule has 0 saturated heterocycles. The number of nitrogens with one attached hydrogen (secondary N) is 2. The predicted octanol–water partition coefficient (Wildman–Crippen LogP) is 2.24. The summed E-state index contributed by atoms with van der Waals surface area (Å²) in [6, 6.07) is 15.8. The number of ether oxygens (including phenoxy) is 1. The maximum atomic E-state index is 12.2. The summed E-state index contributed by atoms with van der Waals surface area (Å²) in [4.78, 5) is 24.2. The number of nitrogens with two attached hydrogens (primary N) is 1. The standard InChI is InChI=1S/C19H21N3O3/c1-2-12-25-16-10-8-14(9-11-16)13-17(19(24)22-20)21-18(23)15-6-4-3-5-7-15/h3-11,13H,2,12,20H2,1H3,(H,21,23)(H,22,24)/b17-13-. The van der Waals surface area contributed by atoms with Gasteiger partial charge in [-0.1, -0.05) is 37.3 Å². The van der Waals surface area contributed by atoms with E-state index in [9.17, 15) is 9.59 Å². The van der Waals surface area contributed by atoms with Gasteiger partial charge in [0.2, 0.25) is 0 Å². The highest BCUT2D eigenvalue weighted by Crippen LogP contribution is 2.14. The van der Waals surface area contributed by atoms with Gasteiger partial charge in [0, 0.05) is 5.56 Å². The molecule has 0 bridgehead atoms. The molecule has 0 saturated carbocycles. The van der Waals surface area contributed by atoms with Crippen LogP contribution in [0.1, 0.15) is 29.3 Å². The van der Waals surface area contributed by atoms with E-state index in [2.05, 4.69) is 5.32 Å². The van der Waals surface area contributed by atoms with Gasteiger partial charge in [-0.05, 0) is 42.3 Å². The molecule has 2 aromatic rings. The maximum absolute atomic E-state index is 12.2. The minimum atomic E-state index is -0.587. The first-order valence-corrected chi connectivity index (χ1v) is 7.96. The Balaban J connectivity index is 2.17. The Bertz CT molecular complexity index is 740. The molecule has 0 fully saturated rings. The van der Waals surface area contributed by atoms with Crippen molar-refractivity contribution in [2.24, 2.45) is 5.84 Å². The van der Waals surface area contributed by atoms with Gasteiger partial charge in [0.25, 0.3) is 11.8 Å². The van der Waals surface area contributed by atoms with Gasteiger partial charge in [-0.2, -0.15) is 0 Å². The molecule has 0 heterocycles. The zero-order valence-corrected chi connectivity index (χ0v) is 14.0. The molecule has 0 aliphatic carbocycles. The molecule has 2 aromatic carbocycles. The second-order valence-corrected chi connectivity index (χ2v) is 5.27. The number of carbonyl (C=O) groups excluding carboxylic acids is 2. The number of hydrogen-bond donors (Lipinski definition) is 3. The maximum Gasteiger partial charge on any atom is 0.281 e. The third kappa shape index (κ3) is 5.47. The number of amides is 2. The van der Waals surface area contributed by atoms with E-state index in [1.165, 1.54) is 0 Å². The highest BCUT2D eigenvalue weighted by Gasteiger charge is 2.13. The Morgan fingerprint density at radius 1 is 1.08 bits per heavy atom. The van der Waals surface area contributed by atoms with Crippen LogP contribution in [-0.4, -0.2) is 18.4 Å². The topological polar surface area (TPSA) is 93.4 Å². The van der Waals surface area contributed by atoms with Crippen LogP contribution < -0.4 is 21.3 Å². The average Bonchev–Trinajstić information content (AvgIpc) is 2.66. The lowest BCUT2D eigenvalue weighted by molar-refractivity contribution is -0.117. The molecule has 0 aliphatic rings. The van der Waals surface area contributed by atoms with E-state index in [-0.39, 0.29) is 5.70 Å². The van der Waals surface area contributed by atoms with Gasteiger partial charge >= 0.3 is 0 Å². The molecule has 4 N–H and O–H groups in total. The summed E-state index contributed by atoms with van der Waals surface area (Å²) in [7, 11) is 0. The van der Waals surface area contributed by atoms with E-state index in [1.54, 1.807) is 54.6 Å². The number of rotatable bonds is 7.